The van der Waals surface area contributed by atoms with Crippen LogP contribution >= 0.6 is 11.6 Å². The fraction of sp³-hybridized carbons (Fsp3) is 0.222. The maximum atomic E-state index is 11.2. The fourth-order valence-electron chi connectivity index (χ4n) is 0.773. The van der Waals surface area contributed by atoms with Gasteiger partial charge in [-0.15, -0.1) is 12.3 Å². The molecule has 1 rings (SSSR count). The molecule has 3 heteroatoms. The topological polar surface area (TPSA) is 30.2 Å². The maximum absolute atomic E-state index is 11.2. The predicted molar refractivity (Wildman–Crippen MR) is 46.1 cm³/mol. The number of furan rings is 1. The van der Waals surface area contributed by atoms with Crippen LogP contribution in [0.15, 0.2) is 16.5 Å². The van der Waals surface area contributed by atoms with Crippen molar-refractivity contribution in [1.82, 2.24) is 0 Å². The quantitative estimate of drug-likeness (QED) is 0.531. The molecule has 2 nitrogen and oxygen atoms in total. The summed E-state index contributed by atoms with van der Waals surface area (Å²) in [5, 5.41) is 0.221. The summed E-state index contributed by atoms with van der Waals surface area (Å²) in [5.74, 6) is 2.54. The minimum absolute atomic E-state index is 0.111. The lowest BCUT2D eigenvalue weighted by Gasteiger charge is -1.90. The first kappa shape index (κ1) is 8.89. The van der Waals surface area contributed by atoms with Gasteiger partial charge in [-0.25, -0.2) is 0 Å². The van der Waals surface area contributed by atoms with Crippen molar-refractivity contribution in [2.24, 2.45) is 0 Å². The molecule has 0 radical (unpaired) electrons. The van der Waals surface area contributed by atoms with Crippen molar-refractivity contribution in [2.75, 3.05) is 0 Å². The van der Waals surface area contributed by atoms with Crippen LogP contribution in [0.1, 0.15) is 23.4 Å². The highest BCUT2D eigenvalue weighted by atomic mass is 35.5. The van der Waals surface area contributed by atoms with Gasteiger partial charge in [0.2, 0.25) is 0 Å². The van der Waals surface area contributed by atoms with E-state index >= 15 is 0 Å². The molecule has 0 spiro atoms. The number of hydrogen-bond donors (Lipinski definition) is 0. The van der Waals surface area contributed by atoms with Crippen molar-refractivity contribution < 1.29 is 9.21 Å². The molecule has 0 aromatic carbocycles. The Bertz CT molecular complexity index is 320. The smallest absolute Gasteiger partial charge is 0.199 e. The van der Waals surface area contributed by atoms with Gasteiger partial charge in [0.25, 0.3) is 0 Å². The molecule has 1 aromatic heterocycles. The highest BCUT2D eigenvalue weighted by molar-refractivity contribution is 6.29. The Morgan fingerprint density at radius 3 is 2.92 bits per heavy atom. The molecule has 0 N–H and O–H groups in total. The summed E-state index contributed by atoms with van der Waals surface area (Å²) in [5.41, 5.74) is 0. The van der Waals surface area contributed by atoms with Crippen LogP contribution in [0.5, 0.6) is 0 Å². The van der Waals surface area contributed by atoms with Gasteiger partial charge in [0, 0.05) is 12.8 Å². The summed E-state index contributed by atoms with van der Waals surface area (Å²) in [4.78, 5) is 11.2. The first-order valence-corrected chi connectivity index (χ1v) is 3.84. The average Bonchev–Trinajstić information content (AvgIpc) is 2.47. The Labute approximate surface area is 75.5 Å². The summed E-state index contributed by atoms with van der Waals surface area (Å²) < 4.78 is 4.89. The lowest BCUT2D eigenvalue weighted by Crippen LogP contribution is -1.95. The molecular formula is C9H7ClO2. The molecule has 0 saturated heterocycles. The van der Waals surface area contributed by atoms with E-state index in [1.54, 1.807) is 6.07 Å². The zero-order chi connectivity index (χ0) is 8.97. The van der Waals surface area contributed by atoms with Crippen LogP contribution < -0.4 is 0 Å². The van der Waals surface area contributed by atoms with Crippen LogP contribution in [0.3, 0.4) is 0 Å². The van der Waals surface area contributed by atoms with Crippen molar-refractivity contribution in [3.8, 4) is 12.3 Å². The van der Waals surface area contributed by atoms with Crippen molar-refractivity contribution in [3.63, 3.8) is 0 Å². The van der Waals surface area contributed by atoms with Crippen LogP contribution in [0, 0.1) is 12.3 Å². The van der Waals surface area contributed by atoms with Crippen LogP contribution in [0.2, 0.25) is 5.22 Å². The van der Waals surface area contributed by atoms with E-state index in [4.69, 9.17) is 22.4 Å². The summed E-state index contributed by atoms with van der Waals surface area (Å²) in [7, 11) is 0. The third-order valence-corrected chi connectivity index (χ3v) is 1.55. The Morgan fingerprint density at radius 1 is 1.67 bits per heavy atom. The number of Topliss-reactive ketones (excluding diaryl/α,β-unsaturated/α-hetero) is 1. The van der Waals surface area contributed by atoms with Crippen LogP contribution in [0.25, 0.3) is 0 Å². The van der Waals surface area contributed by atoms with Gasteiger partial charge in [0.1, 0.15) is 0 Å². The monoisotopic (exact) mass is 182 g/mol. The number of carbonyl (C=O) groups excluding carboxylic acids is 1. The zero-order valence-electron chi connectivity index (χ0n) is 6.34. The molecule has 12 heavy (non-hydrogen) atoms. The van der Waals surface area contributed by atoms with E-state index in [2.05, 4.69) is 5.92 Å². The molecular weight excluding hydrogens is 176 g/mol. The van der Waals surface area contributed by atoms with Gasteiger partial charge >= 0.3 is 0 Å². The third-order valence-electron chi connectivity index (χ3n) is 1.34. The van der Waals surface area contributed by atoms with Crippen LogP contribution in [-0.4, -0.2) is 5.78 Å². The number of carbonyl (C=O) groups is 1. The van der Waals surface area contributed by atoms with Crippen molar-refractivity contribution >= 4 is 17.4 Å². The highest BCUT2D eigenvalue weighted by Crippen LogP contribution is 2.14. The van der Waals surface area contributed by atoms with Crippen LogP contribution in [0.4, 0.5) is 0 Å². The molecule has 0 fully saturated rings. The largest absolute Gasteiger partial charge is 0.442 e. The lowest BCUT2D eigenvalue weighted by atomic mass is 10.2. The van der Waals surface area contributed by atoms with Gasteiger partial charge in [0.15, 0.2) is 16.8 Å². The number of terminal acetylenes is 1. The summed E-state index contributed by atoms with van der Waals surface area (Å²) in [6, 6.07) is 3.08. The first-order valence-electron chi connectivity index (χ1n) is 3.46. The molecule has 0 aliphatic heterocycles. The number of halogens is 1. The van der Waals surface area contributed by atoms with Gasteiger partial charge in [0.05, 0.1) is 0 Å². The van der Waals surface area contributed by atoms with E-state index < -0.39 is 0 Å². The molecule has 62 valence electrons. The molecule has 0 saturated carbocycles. The Balaban J connectivity index is 2.61. The second-order valence-corrected chi connectivity index (χ2v) is 2.60. The summed E-state index contributed by atoms with van der Waals surface area (Å²) in [6.07, 6.45) is 5.73. The normalized spacial score (nSPS) is 9.33. The van der Waals surface area contributed by atoms with Crippen molar-refractivity contribution in [2.45, 2.75) is 12.8 Å². The Kier molecular flexibility index (Phi) is 2.95. The minimum Gasteiger partial charge on any atom is -0.442 e. The number of rotatable bonds is 3. The molecule has 0 unspecified atom stereocenters. The molecule has 0 amide bonds. The summed E-state index contributed by atoms with van der Waals surface area (Å²) >= 11 is 5.48. The third kappa shape index (κ3) is 2.14. The lowest BCUT2D eigenvalue weighted by molar-refractivity contribution is 0.0957. The zero-order valence-corrected chi connectivity index (χ0v) is 7.10. The van der Waals surface area contributed by atoms with E-state index in [-0.39, 0.29) is 16.8 Å². The average molecular weight is 183 g/mol. The van der Waals surface area contributed by atoms with Gasteiger partial charge in [-0.3, -0.25) is 4.79 Å². The van der Waals surface area contributed by atoms with E-state index in [1.165, 1.54) is 6.07 Å². The van der Waals surface area contributed by atoms with Gasteiger partial charge in [-0.05, 0) is 23.7 Å². The second kappa shape index (κ2) is 3.99. The predicted octanol–water partition coefficient (Wildman–Crippen LogP) is 2.53. The Morgan fingerprint density at radius 2 is 2.42 bits per heavy atom. The fourth-order valence-corrected chi connectivity index (χ4v) is 0.919. The molecule has 1 aromatic rings. The second-order valence-electron chi connectivity index (χ2n) is 2.23. The van der Waals surface area contributed by atoms with Gasteiger partial charge in [-0.1, -0.05) is 0 Å². The van der Waals surface area contributed by atoms with E-state index in [0.717, 1.165) is 0 Å². The van der Waals surface area contributed by atoms with Gasteiger partial charge in [-0.2, -0.15) is 0 Å². The highest BCUT2D eigenvalue weighted by Gasteiger charge is 2.08. The van der Waals surface area contributed by atoms with E-state index in [0.29, 0.717) is 12.8 Å². The van der Waals surface area contributed by atoms with Crippen LogP contribution in [-0.2, 0) is 0 Å². The number of hydrogen-bond acceptors (Lipinski definition) is 2. The van der Waals surface area contributed by atoms with Crippen molar-refractivity contribution in [1.29, 1.82) is 0 Å². The molecule has 0 atom stereocenters. The summed E-state index contributed by atoms with van der Waals surface area (Å²) in [6.45, 7) is 0. The maximum Gasteiger partial charge on any atom is 0.199 e. The SMILES string of the molecule is C#CCCC(=O)c1ccc(Cl)o1. The molecule has 0 aliphatic rings. The van der Waals surface area contributed by atoms with Crippen molar-refractivity contribution in [3.05, 3.63) is 23.1 Å². The van der Waals surface area contributed by atoms with Gasteiger partial charge < -0.3 is 4.42 Å². The minimum atomic E-state index is -0.111. The molecule has 0 aliphatic carbocycles. The van der Waals surface area contributed by atoms with E-state index in [1.807, 2.05) is 0 Å². The number of ketones is 1. The Hall–Kier alpha value is -1.20. The van der Waals surface area contributed by atoms with E-state index in [9.17, 15) is 4.79 Å². The molecule has 0 bridgehead atoms. The standard InChI is InChI=1S/C9H7ClO2/c1-2-3-4-7(11)8-5-6-9(10)12-8/h1,5-6H,3-4H2. The molecule has 1 heterocycles. The first-order chi connectivity index (χ1) is 5.74.